The van der Waals surface area contributed by atoms with Crippen LogP contribution in [0.2, 0.25) is 0 Å². The molecule has 1 rings (SSSR count). The van der Waals surface area contributed by atoms with Crippen LogP contribution in [0.25, 0.3) is 0 Å². The van der Waals surface area contributed by atoms with E-state index in [-0.39, 0.29) is 5.54 Å². The molecule has 1 fully saturated rings. The zero-order chi connectivity index (χ0) is 14.8. The van der Waals surface area contributed by atoms with Gasteiger partial charge in [-0.2, -0.15) is 0 Å². The normalized spacial score (nSPS) is 27.1. The molecule has 0 heterocycles. The van der Waals surface area contributed by atoms with Crippen LogP contribution in [0.15, 0.2) is 0 Å². The van der Waals surface area contributed by atoms with Crippen molar-refractivity contribution in [2.24, 2.45) is 11.7 Å². The van der Waals surface area contributed by atoms with E-state index in [2.05, 4.69) is 18.7 Å². The summed E-state index contributed by atoms with van der Waals surface area (Å²) in [5, 5.41) is 8.84. The number of hydrogen-bond acceptors (Lipinski definition) is 3. The lowest BCUT2D eigenvalue weighted by Crippen LogP contribution is -2.56. The molecule has 0 aromatic carbocycles. The molecule has 2 atom stereocenters. The summed E-state index contributed by atoms with van der Waals surface area (Å²) in [6, 6.07) is 0. The van der Waals surface area contributed by atoms with Gasteiger partial charge in [0.15, 0.2) is 0 Å². The first-order chi connectivity index (χ1) is 9.68. The number of nitrogens with two attached hydrogens (primary N) is 1. The Kier molecular flexibility index (Phi) is 8.74. The van der Waals surface area contributed by atoms with E-state index in [1.807, 2.05) is 0 Å². The molecule has 120 valence electrons. The predicted molar refractivity (Wildman–Crippen MR) is 86.8 cm³/mol. The van der Waals surface area contributed by atoms with Gasteiger partial charge < -0.3 is 10.8 Å². The van der Waals surface area contributed by atoms with E-state index in [0.717, 1.165) is 25.3 Å². The summed E-state index contributed by atoms with van der Waals surface area (Å²) in [6.07, 6.45) is 11.1. The topological polar surface area (TPSA) is 49.5 Å². The van der Waals surface area contributed by atoms with Gasteiger partial charge in [-0.1, -0.05) is 39.5 Å². The lowest BCUT2D eigenvalue weighted by Gasteiger charge is -2.48. The van der Waals surface area contributed by atoms with Crippen molar-refractivity contribution >= 4 is 0 Å². The summed E-state index contributed by atoms with van der Waals surface area (Å²) in [5.41, 5.74) is 6.48. The second-order valence-corrected chi connectivity index (χ2v) is 6.75. The van der Waals surface area contributed by atoms with Crippen molar-refractivity contribution in [3.05, 3.63) is 0 Å². The molecule has 3 heteroatoms. The van der Waals surface area contributed by atoms with E-state index in [9.17, 15) is 0 Å². The predicted octanol–water partition coefficient (Wildman–Crippen LogP) is 3.16. The van der Waals surface area contributed by atoms with Gasteiger partial charge in [0, 0.05) is 18.7 Å². The third kappa shape index (κ3) is 5.34. The monoisotopic (exact) mass is 284 g/mol. The molecule has 3 nitrogen and oxygen atoms in total. The number of nitrogens with zero attached hydrogens (tertiary/aromatic N) is 1. The Hall–Kier alpha value is -0.120. The number of unbranched alkanes of at least 4 members (excludes halogenated alkanes) is 3. The van der Waals surface area contributed by atoms with E-state index in [1.54, 1.807) is 0 Å². The van der Waals surface area contributed by atoms with Crippen LogP contribution in [0, 0.1) is 5.92 Å². The first-order valence-electron chi connectivity index (χ1n) is 8.74. The fraction of sp³-hybridized carbons (Fsp3) is 1.00. The summed E-state index contributed by atoms with van der Waals surface area (Å²) < 4.78 is 0. The Morgan fingerprint density at radius 2 is 1.95 bits per heavy atom. The number of aliphatic hydroxyl groups excluding tert-OH is 1. The second kappa shape index (κ2) is 9.75. The average Bonchev–Trinajstić information content (AvgIpc) is 2.45. The zero-order valence-electron chi connectivity index (χ0n) is 13.7. The van der Waals surface area contributed by atoms with E-state index < -0.39 is 0 Å². The van der Waals surface area contributed by atoms with Crippen LogP contribution in [0.1, 0.15) is 71.6 Å². The van der Waals surface area contributed by atoms with Crippen LogP contribution in [0.3, 0.4) is 0 Å². The highest BCUT2D eigenvalue weighted by molar-refractivity contribution is 4.95. The smallest absolute Gasteiger partial charge is 0.0431 e. The lowest BCUT2D eigenvalue weighted by molar-refractivity contribution is 0.0373. The number of hydrogen-bond donors (Lipinski definition) is 2. The molecule has 0 aliphatic heterocycles. The Morgan fingerprint density at radius 3 is 2.55 bits per heavy atom. The minimum Gasteiger partial charge on any atom is -0.396 e. The molecule has 1 aliphatic carbocycles. The van der Waals surface area contributed by atoms with Crippen LogP contribution in [0.5, 0.6) is 0 Å². The van der Waals surface area contributed by atoms with Crippen LogP contribution in [-0.4, -0.2) is 41.8 Å². The van der Waals surface area contributed by atoms with Gasteiger partial charge in [-0.3, -0.25) is 4.90 Å². The Bertz CT molecular complexity index is 247. The molecule has 20 heavy (non-hydrogen) atoms. The Morgan fingerprint density at radius 1 is 1.20 bits per heavy atom. The molecule has 1 aliphatic rings. The van der Waals surface area contributed by atoms with E-state index in [0.29, 0.717) is 6.61 Å². The lowest BCUT2D eigenvalue weighted by atomic mass is 9.75. The standard InChI is InChI=1S/C17H36N2O/c1-3-11-19(12-6-4-5-7-13-20)17(15-18)10-8-9-16(2)14-17/h16,20H,3-15,18H2,1-2H3. The van der Waals surface area contributed by atoms with Crippen molar-refractivity contribution in [2.45, 2.75) is 77.2 Å². The minimum atomic E-state index is 0.269. The van der Waals surface area contributed by atoms with Gasteiger partial charge in [-0.15, -0.1) is 0 Å². The molecule has 1 saturated carbocycles. The quantitative estimate of drug-likeness (QED) is 0.606. The molecule has 0 saturated heterocycles. The number of rotatable bonds is 10. The maximum Gasteiger partial charge on any atom is 0.0431 e. The Labute approximate surface area is 125 Å². The summed E-state index contributed by atoms with van der Waals surface area (Å²) in [6.45, 7) is 8.17. The van der Waals surface area contributed by atoms with E-state index >= 15 is 0 Å². The van der Waals surface area contributed by atoms with Crippen molar-refractivity contribution in [2.75, 3.05) is 26.2 Å². The zero-order valence-corrected chi connectivity index (χ0v) is 13.7. The summed E-state index contributed by atoms with van der Waals surface area (Å²) >= 11 is 0. The number of aliphatic hydroxyl groups is 1. The maximum atomic E-state index is 8.84. The molecule has 0 radical (unpaired) electrons. The fourth-order valence-corrected chi connectivity index (χ4v) is 3.86. The van der Waals surface area contributed by atoms with Crippen molar-refractivity contribution in [1.29, 1.82) is 0 Å². The second-order valence-electron chi connectivity index (χ2n) is 6.75. The molecular weight excluding hydrogens is 248 g/mol. The average molecular weight is 284 g/mol. The van der Waals surface area contributed by atoms with Crippen molar-refractivity contribution in [3.8, 4) is 0 Å². The van der Waals surface area contributed by atoms with Gasteiger partial charge in [-0.05, 0) is 51.1 Å². The van der Waals surface area contributed by atoms with Crippen LogP contribution in [0.4, 0.5) is 0 Å². The highest BCUT2D eigenvalue weighted by Crippen LogP contribution is 2.36. The molecule has 0 amide bonds. The highest BCUT2D eigenvalue weighted by Gasteiger charge is 2.38. The molecule has 0 bridgehead atoms. The highest BCUT2D eigenvalue weighted by atomic mass is 16.2. The summed E-state index contributed by atoms with van der Waals surface area (Å²) in [5.74, 6) is 0.820. The minimum absolute atomic E-state index is 0.269. The first-order valence-corrected chi connectivity index (χ1v) is 8.74. The molecule has 0 aromatic rings. The van der Waals surface area contributed by atoms with Gasteiger partial charge in [0.1, 0.15) is 0 Å². The van der Waals surface area contributed by atoms with Crippen molar-refractivity contribution in [1.82, 2.24) is 4.90 Å². The molecular formula is C17H36N2O. The fourth-order valence-electron chi connectivity index (χ4n) is 3.86. The van der Waals surface area contributed by atoms with Gasteiger partial charge >= 0.3 is 0 Å². The summed E-state index contributed by atoms with van der Waals surface area (Å²) in [4.78, 5) is 2.70. The van der Waals surface area contributed by atoms with Crippen molar-refractivity contribution < 1.29 is 5.11 Å². The summed E-state index contributed by atoms with van der Waals surface area (Å²) in [7, 11) is 0. The first kappa shape index (κ1) is 17.9. The molecule has 2 unspecified atom stereocenters. The maximum absolute atomic E-state index is 8.84. The largest absolute Gasteiger partial charge is 0.396 e. The SMILES string of the molecule is CCCN(CCCCCCO)C1(CN)CCCC(C)C1. The van der Waals surface area contributed by atoms with Gasteiger partial charge in [0.05, 0.1) is 0 Å². The van der Waals surface area contributed by atoms with Crippen LogP contribution >= 0.6 is 0 Å². The third-order valence-corrected chi connectivity index (χ3v) is 4.95. The van der Waals surface area contributed by atoms with E-state index in [4.69, 9.17) is 10.8 Å². The Balaban J connectivity index is 2.52. The van der Waals surface area contributed by atoms with Crippen LogP contribution in [-0.2, 0) is 0 Å². The van der Waals surface area contributed by atoms with Gasteiger partial charge in [0.2, 0.25) is 0 Å². The molecule has 3 N–H and O–H groups in total. The third-order valence-electron chi connectivity index (χ3n) is 4.95. The van der Waals surface area contributed by atoms with Crippen LogP contribution < -0.4 is 5.73 Å². The molecule has 0 aromatic heterocycles. The van der Waals surface area contributed by atoms with Crippen molar-refractivity contribution in [3.63, 3.8) is 0 Å². The van der Waals surface area contributed by atoms with Gasteiger partial charge in [-0.25, -0.2) is 0 Å². The van der Waals surface area contributed by atoms with Gasteiger partial charge in [0.25, 0.3) is 0 Å². The van der Waals surface area contributed by atoms with E-state index in [1.165, 1.54) is 58.0 Å². The molecule has 0 spiro atoms.